The summed E-state index contributed by atoms with van der Waals surface area (Å²) in [5, 5.41) is 6.03. The van der Waals surface area contributed by atoms with Crippen molar-refractivity contribution in [2.24, 2.45) is 5.73 Å². The van der Waals surface area contributed by atoms with Crippen molar-refractivity contribution in [1.82, 2.24) is 9.97 Å². The van der Waals surface area contributed by atoms with Crippen LogP contribution in [0.4, 0.5) is 11.6 Å². The molecule has 1 rings (SSSR count). The van der Waals surface area contributed by atoms with Crippen LogP contribution in [0.1, 0.15) is 12.8 Å². The molecule has 1 amide bonds. The van der Waals surface area contributed by atoms with E-state index < -0.39 is 0 Å². The van der Waals surface area contributed by atoms with E-state index in [1.54, 1.807) is 7.05 Å². The number of rotatable bonds is 6. The molecule has 4 N–H and O–H groups in total. The molecular weight excluding hydrogens is 274 g/mol. The van der Waals surface area contributed by atoms with Gasteiger partial charge in [0.15, 0.2) is 0 Å². The average molecular weight is 288 g/mol. The molecule has 1 heterocycles. The van der Waals surface area contributed by atoms with E-state index in [-0.39, 0.29) is 5.91 Å². The largest absolute Gasteiger partial charge is 0.372 e. The number of hydrogen-bond donors (Lipinski definition) is 3. The zero-order chi connectivity index (χ0) is 12.0. The van der Waals surface area contributed by atoms with Gasteiger partial charge in [0, 0.05) is 20.0 Å². The van der Waals surface area contributed by atoms with E-state index >= 15 is 0 Å². The quantitative estimate of drug-likeness (QED) is 0.678. The molecule has 6 nitrogen and oxygen atoms in total. The maximum Gasteiger partial charge on any atom is 0.217 e. The number of nitrogens with zero attached hydrogens (tertiary/aromatic N) is 2. The molecule has 0 unspecified atom stereocenters. The molecule has 7 heteroatoms. The van der Waals surface area contributed by atoms with Gasteiger partial charge in [-0.05, 0) is 22.4 Å². The number of aromatic nitrogens is 2. The van der Waals surface area contributed by atoms with Crippen LogP contribution in [0.5, 0.6) is 0 Å². The average Bonchev–Trinajstić information content (AvgIpc) is 2.26. The van der Waals surface area contributed by atoms with E-state index in [0.717, 1.165) is 4.47 Å². The molecular formula is C9H14BrN5O. The number of carbonyl (C=O) groups is 1. The second-order valence-electron chi connectivity index (χ2n) is 3.13. The van der Waals surface area contributed by atoms with E-state index in [4.69, 9.17) is 5.73 Å². The lowest BCUT2D eigenvalue weighted by molar-refractivity contribution is -0.118. The molecule has 0 aliphatic heterocycles. The van der Waals surface area contributed by atoms with Gasteiger partial charge in [-0.1, -0.05) is 0 Å². The molecule has 16 heavy (non-hydrogen) atoms. The molecule has 0 radical (unpaired) electrons. The molecule has 0 aliphatic carbocycles. The van der Waals surface area contributed by atoms with Crippen LogP contribution in [-0.4, -0.2) is 29.5 Å². The molecule has 88 valence electrons. The highest BCUT2D eigenvalue weighted by Crippen LogP contribution is 2.25. The highest BCUT2D eigenvalue weighted by atomic mass is 79.9. The number of nitrogens with two attached hydrogens (primary N) is 1. The third kappa shape index (κ3) is 3.65. The lowest BCUT2D eigenvalue weighted by atomic mass is 10.3. The zero-order valence-corrected chi connectivity index (χ0v) is 10.5. The molecule has 0 spiro atoms. The first-order valence-electron chi connectivity index (χ1n) is 4.85. The second-order valence-corrected chi connectivity index (χ2v) is 3.92. The highest BCUT2D eigenvalue weighted by molar-refractivity contribution is 9.10. The fourth-order valence-corrected chi connectivity index (χ4v) is 1.68. The van der Waals surface area contributed by atoms with E-state index in [9.17, 15) is 4.79 Å². The number of halogens is 1. The predicted molar refractivity (Wildman–Crippen MR) is 66.2 cm³/mol. The van der Waals surface area contributed by atoms with Crippen LogP contribution in [0, 0.1) is 0 Å². The SMILES string of the molecule is CNc1ncnc(NCCCC(N)=O)c1Br. The Bertz CT molecular complexity index is 371. The van der Waals surface area contributed by atoms with Gasteiger partial charge in [-0.15, -0.1) is 0 Å². The minimum absolute atomic E-state index is 0.292. The van der Waals surface area contributed by atoms with E-state index in [0.29, 0.717) is 31.0 Å². The number of anilines is 2. The monoisotopic (exact) mass is 287 g/mol. The van der Waals surface area contributed by atoms with Gasteiger partial charge >= 0.3 is 0 Å². The Morgan fingerprint density at radius 3 is 2.81 bits per heavy atom. The first-order chi connectivity index (χ1) is 7.65. The van der Waals surface area contributed by atoms with Gasteiger partial charge < -0.3 is 16.4 Å². The summed E-state index contributed by atoms with van der Waals surface area (Å²) in [6.45, 7) is 0.641. The molecule has 0 bridgehead atoms. The van der Waals surface area contributed by atoms with Crippen LogP contribution in [0.25, 0.3) is 0 Å². The number of amides is 1. The summed E-state index contributed by atoms with van der Waals surface area (Å²) >= 11 is 3.38. The summed E-state index contributed by atoms with van der Waals surface area (Å²) < 4.78 is 0.775. The standard InChI is InChI=1S/C9H14BrN5O/c1-12-8-7(10)9(15-5-14-8)13-4-2-3-6(11)16/h5H,2-4H2,1H3,(H2,11,16)(H2,12,13,14,15). The molecule has 1 aromatic heterocycles. The van der Waals surface area contributed by atoms with Crippen LogP contribution >= 0.6 is 15.9 Å². The van der Waals surface area contributed by atoms with Crippen molar-refractivity contribution in [3.63, 3.8) is 0 Å². The first kappa shape index (κ1) is 12.7. The summed E-state index contributed by atoms with van der Waals surface area (Å²) in [5.41, 5.74) is 5.04. The van der Waals surface area contributed by atoms with Gasteiger partial charge in [0.25, 0.3) is 0 Å². The van der Waals surface area contributed by atoms with Crippen LogP contribution in [0.3, 0.4) is 0 Å². The third-order valence-corrected chi connectivity index (χ3v) is 2.67. The van der Waals surface area contributed by atoms with Crippen LogP contribution in [0.15, 0.2) is 10.8 Å². The van der Waals surface area contributed by atoms with Crippen molar-refractivity contribution in [2.45, 2.75) is 12.8 Å². The van der Waals surface area contributed by atoms with Gasteiger partial charge in [0.2, 0.25) is 5.91 Å². The Labute approximate surface area is 102 Å². The van der Waals surface area contributed by atoms with Gasteiger partial charge in [-0.2, -0.15) is 0 Å². The van der Waals surface area contributed by atoms with Crippen molar-refractivity contribution in [2.75, 3.05) is 24.2 Å². The molecule has 0 atom stereocenters. The number of primary amides is 1. The maximum atomic E-state index is 10.5. The number of nitrogens with one attached hydrogen (secondary N) is 2. The zero-order valence-electron chi connectivity index (χ0n) is 8.96. The second kappa shape index (κ2) is 6.26. The van der Waals surface area contributed by atoms with E-state index in [1.807, 2.05) is 0 Å². The van der Waals surface area contributed by atoms with Crippen LogP contribution < -0.4 is 16.4 Å². The Kier molecular flexibility index (Phi) is 4.97. The van der Waals surface area contributed by atoms with E-state index in [1.165, 1.54) is 6.33 Å². The number of hydrogen-bond acceptors (Lipinski definition) is 5. The first-order valence-corrected chi connectivity index (χ1v) is 5.65. The summed E-state index contributed by atoms with van der Waals surface area (Å²) in [7, 11) is 1.78. The number of carbonyl (C=O) groups excluding carboxylic acids is 1. The molecule has 0 saturated heterocycles. The van der Waals surface area contributed by atoms with E-state index in [2.05, 4.69) is 36.5 Å². The summed E-state index contributed by atoms with van der Waals surface area (Å²) in [6, 6.07) is 0. The van der Waals surface area contributed by atoms with Crippen LogP contribution in [0.2, 0.25) is 0 Å². The van der Waals surface area contributed by atoms with Gasteiger partial charge in [-0.25, -0.2) is 9.97 Å². The van der Waals surface area contributed by atoms with Crippen molar-refractivity contribution in [3.8, 4) is 0 Å². The Balaban J connectivity index is 2.50. The maximum absolute atomic E-state index is 10.5. The van der Waals surface area contributed by atoms with Crippen molar-refractivity contribution >= 4 is 33.5 Å². The highest BCUT2D eigenvalue weighted by Gasteiger charge is 2.06. The third-order valence-electron chi connectivity index (χ3n) is 1.92. The van der Waals surface area contributed by atoms with Gasteiger partial charge in [0.1, 0.15) is 22.4 Å². The summed E-state index contributed by atoms with van der Waals surface area (Å²) in [5.74, 6) is 1.12. The van der Waals surface area contributed by atoms with Crippen LogP contribution in [-0.2, 0) is 4.79 Å². The molecule has 0 fully saturated rings. The fourth-order valence-electron chi connectivity index (χ4n) is 1.14. The predicted octanol–water partition coefficient (Wildman–Crippen LogP) is 0.958. The smallest absolute Gasteiger partial charge is 0.217 e. The molecule has 0 saturated carbocycles. The summed E-state index contributed by atoms with van der Waals surface area (Å²) in [6.07, 6.45) is 2.52. The fraction of sp³-hybridized carbons (Fsp3) is 0.444. The lowest BCUT2D eigenvalue weighted by Crippen LogP contribution is -2.13. The molecule has 0 aromatic carbocycles. The lowest BCUT2D eigenvalue weighted by Gasteiger charge is -2.09. The topological polar surface area (TPSA) is 92.9 Å². The van der Waals surface area contributed by atoms with Gasteiger partial charge in [0.05, 0.1) is 0 Å². The van der Waals surface area contributed by atoms with Crippen molar-refractivity contribution < 1.29 is 4.79 Å². The van der Waals surface area contributed by atoms with Gasteiger partial charge in [-0.3, -0.25) is 4.79 Å². The normalized spacial score (nSPS) is 9.88. The minimum Gasteiger partial charge on any atom is -0.372 e. The summed E-state index contributed by atoms with van der Waals surface area (Å²) in [4.78, 5) is 18.6. The van der Waals surface area contributed by atoms with Crippen molar-refractivity contribution in [3.05, 3.63) is 10.8 Å². The van der Waals surface area contributed by atoms with Crippen molar-refractivity contribution in [1.29, 1.82) is 0 Å². The molecule has 1 aromatic rings. The Morgan fingerprint density at radius 1 is 1.50 bits per heavy atom. The molecule has 0 aliphatic rings. The Hall–Kier alpha value is -1.37. The Morgan fingerprint density at radius 2 is 2.19 bits per heavy atom. The minimum atomic E-state index is -0.292.